The van der Waals surface area contributed by atoms with Crippen LogP contribution in [0.15, 0.2) is 0 Å². The minimum absolute atomic E-state index is 0.822. The Labute approximate surface area is 133 Å². The van der Waals surface area contributed by atoms with Crippen molar-refractivity contribution in [3.05, 3.63) is 0 Å². The van der Waals surface area contributed by atoms with Crippen molar-refractivity contribution in [2.75, 3.05) is 19.6 Å². The normalized spacial score (nSPS) is 27.4. The summed E-state index contributed by atoms with van der Waals surface area (Å²) in [6.45, 7) is 6.13. The molecule has 124 valence electrons. The number of hydrogen-bond donors (Lipinski definition) is 1. The predicted molar refractivity (Wildman–Crippen MR) is 92.8 cm³/mol. The molecule has 0 bridgehead atoms. The summed E-state index contributed by atoms with van der Waals surface area (Å²) < 4.78 is 0. The van der Waals surface area contributed by atoms with Crippen LogP contribution in [0.2, 0.25) is 0 Å². The lowest BCUT2D eigenvalue weighted by atomic mass is 9.95. The Morgan fingerprint density at radius 3 is 1.81 bits per heavy atom. The highest BCUT2D eigenvalue weighted by atomic mass is 15.2. The predicted octanol–water partition coefficient (Wildman–Crippen LogP) is 4.73. The second kappa shape index (κ2) is 10.6. The Balaban J connectivity index is 1.89. The first kappa shape index (κ1) is 17.3. The summed E-state index contributed by atoms with van der Waals surface area (Å²) in [7, 11) is 0. The molecular weight excluding hydrogens is 256 g/mol. The van der Waals surface area contributed by atoms with E-state index in [0.29, 0.717) is 0 Å². The second-order valence-electron chi connectivity index (χ2n) is 7.30. The van der Waals surface area contributed by atoms with Gasteiger partial charge in [-0.15, -0.1) is 0 Å². The summed E-state index contributed by atoms with van der Waals surface area (Å²) in [4.78, 5) is 2.89. The van der Waals surface area contributed by atoms with Crippen LogP contribution in [-0.4, -0.2) is 36.6 Å². The van der Waals surface area contributed by atoms with E-state index in [-0.39, 0.29) is 0 Å². The summed E-state index contributed by atoms with van der Waals surface area (Å²) in [5.74, 6) is 0. The van der Waals surface area contributed by atoms with Crippen molar-refractivity contribution in [3.8, 4) is 0 Å². The van der Waals surface area contributed by atoms with Gasteiger partial charge < -0.3 is 5.32 Å². The van der Waals surface area contributed by atoms with E-state index >= 15 is 0 Å². The molecule has 0 amide bonds. The molecule has 1 saturated heterocycles. The first-order valence-corrected chi connectivity index (χ1v) is 9.88. The standard InChI is InChI=1S/C19H38N2/c1-2-16-21(19-14-15-20-17-19)18-12-10-8-6-4-3-5-7-9-11-13-18/h18-20H,2-17H2,1H3. The van der Waals surface area contributed by atoms with Crippen molar-refractivity contribution in [2.45, 2.75) is 102 Å². The van der Waals surface area contributed by atoms with Crippen LogP contribution in [0.1, 0.15) is 90.4 Å². The zero-order valence-corrected chi connectivity index (χ0v) is 14.4. The van der Waals surface area contributed by atoms with Gasteiger partial charge in [0.1, 0.15) is 0 Å². The van der Waals surface area contributed by atoms with E-state index in [1.54, 1.807) is 0 Å². The van der Waals surface area contributed by atoms with Gasteiger partial charge in [-0.1, -0.05) is 64.7 Å². The number of rotatable bonds is 4. The SMILES string of the molecule is CCCN(C1CCCCCCCCCCC1)C1CCNC1. The third-order valence-corrected chi connectivity index (χ3v) is 5.53. The van der Waals surface area contributed by atoms with Crippen molar-refractivity contribution in [1.82, 2.24) is 10.2 Å². The van der Waals surface area contributed by atoms with E-state index < -0.39 is 0 Å². The van der Waals surface area contributed by atoms with Crippen LogP contribution in [-0.2, 0) is 0 Å². The molecule has 0 aromatic carbocycles. The van der Waals surface area contributed by atoms with Gasteiger partial charge in [0, 0.05) is 18.6 Å². The minimum atomic E-state index is 0.822. The third-order valence-electron chi connectivity index (χ3n) is 5.53. The zero-order valence-electron chi connectivity index (χ0n) is 14.4. The minimum Gasteiger partial charge on any atom is -0.315 e. The molecule has 1 aliphatic carbocycles. The smallest absolute Gasteiger partial charge is 0.0235 e. The maximum absolute atomic E-state index is 3.58. The summed E-state index contributed by atoms with van der Waals surface area (Å²) in [5.41, 5.74) is 0. The molecule has 1 saturated carbocycles. The highest BCUT2D eigenvalue weighted by molar-refractivity contribution is 4.85. The van der Waals surface area contributed by atoms with Gasteiger partial charge in [-0.3, -0.25) is 4.90 Å². The fourth-order valence-corrected chi connectivity index (χ4v) is 4.32. The summed E-state index contributed by atoms with van der Waals surface area (Å²) in [6.07, 6.45) is 18.9. The Bertz CT molecular complexity index is 236. The van der Waals surface area contributed by atoms with Crippen molar-refractivity contribution >= 4 is 0 Å². The Morgan fingerprint density at radius 2 is 1.33 bits per heavy atom. The highest BCUT2D eigenvalue weighted by Crippen LogP contribution is 2.24. The number of hydrogen-bond acceptors (Lipinski definition) is 2. The van der Waals surface area contributed by atoms with Gasteiger partial charge in [0.25, 0.3) is 0 Å². The topological polar surface area (TPSA) is 15.3 Å². The van der Waals surface area contributed by atoms with E-state index in [1.807, 2.05) is 0 Å². The molecule has 2 rings (SSSR count). The van der Waals surface area contributed by atoms with Crippen LogP contribution in [0.4, 0.5) is 0 Å². The first-order valence-electron chi connectivity index (χ1n) is 9.88. The first-order chi connectivity index (χ1) is 10.4. The Kier molecular flexibility index (Phi) is 8.73. The van der Waals surface area contributed by atoms with E-state index in [9.17, 15) is 0 Å². The number of nitrogens with zero attached hydrogens (tertiary/aromatic N) is 1. The quantitative estimate of drug-likeness (QED) is 0.806. The van der Waals surface area contributed by atoms with Crippen LogP contribution in [0.25, 0.3) is 0 Å². The van der Waals surface area contributed by atoms with E-state index in [4.69, 9.17) is 0 Å². The van der Waals surface area contributed by atoms with E-state index in [1.165, 1.54) is 103 Å². The average molecular weight is 295 g/mol. The molecule has 2 heteroatoms. The van der Waals surface area contributed by atoms with Crippen molar-refractivity contribution in [3.63, 3.8) is 0 Å². The molecule has 2 fully saturated rings. The maximum atomic E-state index is 3.58. The van der Waals surface area contributed by atoms with Gasteiger partial charge in [0.2, 0.25) is 0 Å². The third kappa shape index (κ3) is 6.28. The highest BCUT2D eigenvalue weighted by Gasteiger charge is 2.27. The molecule has 1 atom stereocenters. The molecule has 1 heterocycles. The lowest BCUT2D eigenvalue weighted by molar-refractivity contribution is 0.123. The molecule has 21 heavy (non-hydrogen) atoms. The lowest BCUT2D eigenvalue weighted by Crippen LogP contribution is -2.45. The molecule has 0 radical (unpaired) electrons. The van der Waals surface area contributed by atoms with Gasteiger partial charge in [0.05, 0.1) is 0 Å². The van der Waals surface area contributed by atoms with Crippen LogP contribution < -0.4 is 5.32 Å². The van der Waals surface area contributed by atoms with Crippen molar-refractivity contribution < 1.29 is 0 Å². The van der Waals surface area contributed by atoms with Crippen molar-refractivity contribution in [2.24, 2.45) is 0 Å². The largest absolute Gasteiger partial charge is 0.315 e. The van der Waals surface area contributed by atoms with Gasteiger partial charge in [-0.25, -0.2) is 0 Å². The van der Waals surface area contributed by atoms with E-state index in [2.05, 4.69) is 17.1 Å². The molecule has 2 aliphatic rings. The fraction of sp³-hybridized carbons (Fsp3) is 1.00. The molecule has 1 unspecified atom stereocenters. The van der Waals surface area contributed by atoms with Crippen molar-refractivity contribution in [1.29, 1.82) is 0 Å². The average Bonchev–Trinajstić information content (AvgIpc) is 3.00. The Hall–Kier alpha value is -0.0800. The molecule has 1 aliphatic heterocycles. The van der Waals surface area contributed by atoms with Crippen LogP contribution in [0, 0.1) is 0 Å². The summed E-state index contributed by atoms with van der Waals surface area (Å²) >= 11 is 0. The van der Waals surface area contributed by atoms with Gasteiger partial charge >= 0.3 is 0 Å². The monoisotopic (exact) mass is 294 g/mol. The molecule has 0 aromatic rings. The maximum Gasteiger partial charge on any atom is 0.0235 e. The molecular formula is C19H38N2. The summed E-state index contributed by atoms with van der Waals surface area (Å²) in [6, 6.07) is 1.69. The van der Waals surface area contributed by atoms with Crippen LogP contribution in [0.5, 0.6) is 0 Å². The molecule has 2 nitrogen and oxygen atoms in total. The molecule has 1 N–H and O–H groups in total. The zero-order chi connectivity index (χ0) is 14.8. The van der Waals surface area contributed by atoms with Crippen LogP contribution in [0.3, 0.4) is 0 Å². The molecule has 0 aromatic heterocycles. The van der Waals surface area contributed by atoms with Gasteiger partial charge in [-0.2, -0.15) is 0 Å². The van der Waals surface area contributed by atoms with Gasteiger partial charge in [0.15, 0.2) is 0 Å². The number of nitrogens with one attached hydrogen (secondary N) is 1. The lowest BCUT2D eigenvalue weighted by Gasteiger charge is -2.36. The fourth-order valence-electron chi connectivity index (χ4n) is 4.32. The van der Waals surface area contributed by atoms with Gasteiger partial charge in [-0.05, 0) is 38.8 Å². The second-order valence-corrected chi connectivity index (χ2v) is 7.30. The molecule has 0 spiro atoms. The van der Waals surface area contributed by atoms with E-state index in [0.717, 1.165) is 12.1 Å². The van der Waals surface area contributed by atoms with Crippen LogP contribution >= 0.6 is 0 Å². The summed E-state index contributed by atoms with van der Waals surface area (Å²) in [5, 5.41) is 3.58. The Morgan fingerprint density at radius 1 is 0.762 bits per heavy atom.